The SMILES string of the molecule is CN(C)CCN1CCN(C(=O)c2cc(C(C)(C)C)sc2NC(=O)Nc2ccccc2C(C)(C)C)CCC1=O. The molecule has 208 valence electrons. The van der Waals surface area contributed by atoms with Crippen molar-refractivity contribution in [2.24, 2.45) is 0 Å². The highest BCUT2D eigenvalue weighted by molar-refractivity contribution is 7.16. The number of carbonyl (C=O) groups excluding carboxylic acids is 3. The fourth-order valence-electron chi connectivity index (χ4n) is 4.31. The van der Waals surface area contributed by atoms with Gasteiger partial charge in [0.25, 0.3) is 5.91 Å². The second-order valence-corrected chi connectivity index (χ2v) is 13.3. The summed E-state index contributed by atoms with van der Waals surface area (Å²) < 4.78 is 0. The molecule has 0 radical (unpaired) electrons. The molecule has 0 unspecified atom stereocenters. The van der Waals surface area contributed by atoms with E-state index in [1.54, 1.807) is 4.90 Å². The van der Waals surface area contributed by atoms with Crippen LogP contribution in [0.25, 0.3) is 0 Å². The summed E-state index contributed by atoms with van der Waals surface area (Å²) in [6.07, 6.45) is 0.294. The number of para-hydroxylation sites is 1. The minimum absolute atomic E-state index is 0.0677. The minimum Gasteiger partial charge on any atom is -0.340 e. The number of likely N-dealkylation sites (N-methyl/N-ethyl adjacent to an activating group) is 1. The number of anilines is 2. The van der Waals surface area contributed by atoms with E-state index in [-0.39, 0.29) is 28.7 Å². The Balaban J connectivity index is 1.82. The van der Waals surface area contributed by atoms with E-state index in [0.717, 1.165) is 22.7 Å². The monoisotopic (exact) mass is 541 g/mol. The largest absolute Gasteiger partial charge is 0.340 e. The lowest BCUT2D eigenvalue weighted by Gasteiger charge is -2.24. The maximum absolute atomic E-state index is 13.7. The van der Waals surface area contributed by atoms with Crippen molar-refractivity contribution in [3.63, 3.8) is 0 Å². The second kappa shape index (κ2) is 11.9. The molecule has 0 saturated carbocycles. The molecule has 0 spiro atoms. The van der Waals surface area contributed by atoms with Gasteiger partial charge in [-0.25, -0.2) is 4.79 Å². The van der Waals surface area contributed by atoms with Crippen molar-refractivity contribution in [3.8, 4) is 0 Å². The van der Waals surface area contributed by atoms with Gasteiger partial charge in [0.1, 0.15) is 5.00 Å². The number of amides is 4. The Morgan fingerprint density at radius 3 is 2.29 bits per heavy atom. The summed E-state index contributed by atoms with van der Waals surface area (Å²) in [6, 6.07) is 9.25. The van der Waals surface area contributed by atoms with Crippen LogP contribution >= 0.6 is 11.3 Å². The molecule has 9 heteroatoms. The summed E-state index contributed by atoms with van der Waals surface area (Å²) in [5.41, 5.74) is 1.90. The van der Waals surface area contributed by atoms with Crippen LogP contribution in [0.2, 0.25) is 0 Å². The van der Waals surface area contributed by atoms with E-state index in [4.69, 9.17) is 0 Å². The summed E-state index contributed by atoms with van der Waals surface area (Å²) in [5.74, 6) is -0.0949. The van der Waals surface area contributed by atoms with E-state index in [2.05, 4.69) is 52.2 Å². The van der Waals surface area contributed by atoms with Gasteiger partial charge in [0.05, 0.1) is 5.56 Å². The third-order valence-corrected chi connectivity index (χ3v) is 8.08. The van der Waals surface area contributed by atoms with Crippen LogP contribution in [0.5, 0.6) is 0 Å². The fourth-order valence-corrected chi connectivity index (χ4v) is 5.42. The smallest absolute Gasteiger partial charge is 0.324 e. The van der Waals surface area contributed by atoms with Crippen LogP contribution in [0.15, 0.2) is 30.3 Å². The van der Waals surface area contributed by atoms with Gasteiger partial charge in [-0.2, -0.15) is 0 Å². The first kappa shape index (κ1) is 29.6. The molecule has 2 heterocycles. The number of nitrogens with zero attached hydrogens (tertiary/aromatic N) is 3. The van der Waals surface area contributed by atoms with Crippen LogP contribution in [0.1, 0.15) is 68.8 Å². The molecule has 1 aromatic carbocycles. The van der Waals surface area contributed by atoms with Gasteiger partial charge in [-0.3, -0.25) is 14.9 Å². The quantitative estimate of drug-likeness (QED) is 0.525. The number of hydrogen-bond acceptors (Lipinski definition) is 5. The molecule has 1 fully saturated rings. The van der Waals surface area contributed by atoms with Crippen LogP contribution in [0.3, 0.4) is 0 Å². The Kier molecular flexibility index (Phi) is 9.26. The molecule has 3 rings (SSSR count). The van der Waals surface area contributed by atoms with Crippen molar-refractivity contribution in [1.29, 1.82) is 0 Å². The number of thiophene rings is 1. The van der Waals surface area contributed by atoms with Crippen molar-refractivity contribution in [2.75, 3.05) is 57.5 Å². The lowest BCUT2D eigenvalue weighted by molar-refractivity contribution is -0.130. The standard InChI is InChI=1S/C29H43N5O3S/c1-28(2,3)21-11-9-10-12-22(21)30-27(37)31-25-20(19-23(38-25)29(4,5)6)26(36)34-14-13-24(35)33(17-18-34)16-15-32(7)8/h9-12,19H,13-18H2,1-8H3,(H2,30,31,37). The second-order valence-electron chi connectivity index (χ2n) is 12.2. The highest BCUT2D eigenvalue weighted by atomic mass is 32.1. The van der Waals surface area contributed by atoms with Gasteiger partial charge in [-0.1, -0.05) is 59.7 Å². The molecule has 1 aliphatic heterocycles. The van der Waals surface area contributed by atoms with Crippen molar-refractivity contribution in [2.45, 2.75) is 58.8 Å². The highest BCUT2D eigenvalue weighted by Gasteiger charge is 2.30. The molecule has 2 N–H and O–H groups in total. The highest BCUT2D eigenvalue weighted by Crippen LogP contribution is 2.37. The molecule has 1 saturated heterocycles. The van der Waals surface area contributed by atoms with E-state index >= 15 is 0 Å². The van der Waals surface area contributed by atoms with Crippen LogP contribution in [0, 0.1) is 0 Å². The van der Waals surface area contributed by atoms with Gasteiger partial charge in [0.2, 0.25) is 5.91 Å². The van der Waals surface area contributed by atoms with Crippen LogP contribution < -0.4 is 10.6 Å². The summed E-state index contributed by atoms with van der Waals surface area (Å²) in [4.78, 5) is 46.2. The zero-order valence-corrected chi connectivity index (χ0v) is 24.9. The van der Waals surface area contributed by atoms with Crippen LogP contribution in [0.4, 0.5) is 15.5 Å². The molecule has 2 aromatic rings. The molecule has 38 heavy (non-hydrogen) atoms. The van der Waals surface area contributed by atoms with Crippen molar-refractivity contribution in [3.05, 3.63) is 46.3 Å². The maximum Gasteiger partial charge on any atom is 0.324 e. The summed E-state index contributed by atoms with van der Waals surface area (Å²) in [6.45, 7) is 15.3. The Bertz CT molecular complexity index is 1160. The molecule has 0 atom stereocenters. The van der Waals surface area contributed by atoms with Crippen molar-refractivity contribution >= 4 is 39.9 Å². The zero-order chi connectivity index (χ0) is 28.3. The van der Waals surface area contributed by atoms with Crippen molar-refractivity contribution < 1.29 is 14.4 Å². The van der Waals surface area contributed by atoms with Gasteiger partial charge < -0.3 is 20.0 Å². The zero-order valence-electron chi connectivity index (χ0n) is 24.1. The van der Waals surface area contributed by atoms with Gasteiger partial charge in [-0.05, 0) is 42.6 Å². The van der Waals surface area contributed by atoms with E-state index in [9.17, 15) is 14.4 Å². The number of rotatable bonds is 6. The van der Waals surface area contributed by atoms with Gasteiger partial charge >= 0.3 is 6.03 Å². The van der Waals surface area contributed by atoms with Crippen LogP contribution in [-0.2, 0) is 15.6 Å². The van der Waals surface area contributed by atoms with E-state index in [1.165, 1.54) is 11.3 Å². The first-order valence-corrected chi connectivity index (χ1v) is 14.0. The Hall–Kier alpha value is -2.91. The molecule has 8 nitrogen and oxygen atoms in total. The molecule has 4 amide bonds. The van der Waals surface area contributed by atoms with Crippen molar-refractivity contribution in [1.82, 2.24) is 14.7 Å². The number of urea groups is 1. The summed E-state index contributed by atoms with van der Waals surface area (Å²) in [7, 11) is 3.96. The fraction of sp³-hybridized carbons (Fsp3) is 0.552. The molecule has 0 aliphatic carbocycles. The molecule has 1 aromatic heterocycles. The van der Waals surface area contributed by atoms with E-state index in [0.29, 0.717) is 43.2 Å². The normalized spacial score (nSPS) is 15.0. The molecule has 1 aliphatic rings. The van der Waals surface area contributed by atoms with E-state index in [1.807, 2.05) is 54.2 Å². The summed E-state index contributed by atoms with van der Waals surface area (Å²) >= 11 is 1.42. The van der Waals surface area contributed by atoms with Crippen LogP contribution in [-0.4, -0.2) is 79.4 Å². The topological polar surface area (TPSA) is 85.0 Å². The third-order valence-electron chi connectivity index (χ3n) is 6.60. The Labute approximate surface area is 231 Å². The minimum atomic E-state index is -0.390. The van der Waals surface area contributed by atoms with Gasteiger partial charge in [-0.15, -0.1) is 11.3 Å². The predicted molar refractivity (Wildman–Crippen MR) is 156 cm³/mol. The number of hydrogen-bond donors (Lipinski definition) is 2. The first-order chi connectivity index (χ1) is 17.7. The van der Waals surface area contributed by atoms with Gasteiger partial charge in [0.15, 0.2) is 0 Å². The Morgan fingerprint density at radius 1 is 0.974 bits per heavy atom. The Morgan fingerprint density at radius 2 is 1.66 bits per heavy atom. The molecule has 0 bridgehead atoms. The lowest BCUT2D eigenvalue weighted by Crippen LogP contribution is -2.39. The van der Waals surface area contributed by atoms with Gasteiger partial charge in [0, 0.05) is 49.7 Å². The first-order valence-electron chi connectivity index (χ1n) is 13.2. The lowest BCUT2D eigenvalue weighted by atomic mass is 9.86. The number of benzene rings is 1. The average Bonchev–Trinajstić information content (AvgIpc) is 3.14. The summed E-state index contributed by atoms with van der Waals surface area (Å²) in [5, 5.41) is 6.45. The average molecular weight is 542 g/mol. The molecular weight excluding hydrogens is 498 g/mol. The maximum atomic E-state index is 13.7. The number of carbonyl (C=O) groups is 3. The predicted octanol–water partition coefficient (Wildman–Crippen LogP) is 5.22. The third kappa shape index (κ3) is 7.57. The molecular formula is C29H43N5O3S. The number of nitrogens with one attached hydrogen (secondary N) is 2. The van der Waals surface area contributed by atoms with E-state index < -0.39 is 0 Å².